The van der Waals surface area contributed by atoms with Crippen LogP contribution in [0.15, 0.2) is 48.7 Å². The number of pyridine rings is 1. The maximum Gasteiger partial charge on any atom is 0.296 e. The van der Waals surface area contributed by atoms with Crippen molar-refractivity contribution in [2.75, 3.05) is 38.3 Å². The summed E-state index contributed by atoms with van der Waals surface area (Å²) >= 11 is 0. The Morgan fingerprint density at radius 1 is 1.07 bits per heavy atom. The van der Waals surface area contributed by atoms with Crippen molar-refractivity contribution in [2.24, 2.45) is 0 Å². The number of methoxy groups -OCH3 is 1. The zero-order valence-corrected chi connectivity index (χ0v) is 22.4. The minimum Gasteiger partial charge on any atom is -0.481 e. The summed E-state index contributed by atoms with van der Waals surface area (Å²) in [7, 11) is 1.51. The molecule has 6 rings (SSSR count). The predicted molar refractivity (Wildman–Crippen MR) is 145 cm³/mol. The SMILES string of the molecule is COc1ccc(C(=O)N[C@H]2CC[C@H](Oc3cc(-n4c(C(F)F)nc5ccccc54)nc(N4CCOCC4)n3)C2)cn1. The molecule has 11 nitrogen and oxygen atoms in total. The van der Waals surface area contributed by atoms with Gasteiger partial charge in [0.25, 0.3) is 12.3 Å². The standard InChI is InChI=1S/C28H29F2N7O4/c1-39-23-9-6-17(16-31-23)27(38)32-18-7-8-19(14-18)41-24-15-22(34-28(35-24)36-10-12-40-13-11-36)37-21-5-3-2-4-20(21)33-26(37)25(29)30/h2-6,9,15-16,18-19,25H,7-8,10-14H2,1H3,(H,32,38)/t18-,19-/m0/s1. The van der Waals surface area contributed by atoms with Crippen molar-refractivity contribution >= 4 is 22.9 Å². The third-order valence-corrected chi connectivity index (χ3v) is 7.20. The fraction of sp³-hybridized carbons (Fsp3) is 0.393. The first-order valence-electron chi connectivity index (χ1n) is 13.4. The van der Waals surface area contributed by atoms with Crippen LogP contribution in [0.3, 0.4) is 0 Å². The minimum absolute atomic E-state index is 0.0994. The van der Waals surface area contributed by atoms with E-state index in [1.165, 1.54) is 17.9 Å². The van der Waals surface area contributed by atoms with Crippen molar-refractivity contribution < 1.29 is 27.8 Å². The first-order valence-corrected chi connectivity index (χ1v) is 13.4. The number of para-hydroxylation sites is 2. The molecule has 41 heavy (non-hydrogen) atoms. The predicted octanol–water partition coefficient (Wildman–Crippen LogP) is 3.72. The molecule has 2 atom stereocenters. The maximum absolute atomic E-state index is 14.1. The van der Waals surface area contributed by atoms with E-state index in [4.69, 9.17) is 14.2 Å². The number of aromatic nitrogens is 5. The number of ether oxygens (including phenoxy) is 3. The molecule has 1 saturated carbocycles. The molecule has 1 saturated heterocycles. The van der Waals surface area contributed by atoms with E-state index in [1.54, 1.807) is 42.5 Å². The van der Waals surface area contributed by atoms with Gasteiger partial charge < -0.3 is 24.4 Å². The molecule has 13 heteroatoms. The van der Waals surface area contributed by atoms with Gasteiger partial charge in [0, 0.05) is 43.9 Å². The molecule has 1 aliphatic heterocycles. The van der Waals surface area contributed by atoms with Crippen molar-refractivity contribution in [3.8, 4) is 17.6 Å². The lowest BCUT2D eigenvalue weighted by Crippen LogP contribution is -2.37. The molecule has 2 fully saturated rings. The number of hydrogen-bond acceptors (Lipinski definition) is 9. The number of anilines is 1. The van der Waals surface area contributed by atoms with Gasteiger partial charge in [-0.15, -0.1) is 0 Å². The van der Waals surface area contributed by atoms with Crippen molar-refractivity contribution in [3.05, 3.63) is 60.0 Å². The molecule has 0 radical (unpaired) electrons. The van der Waals surface area contributed by atoms with Crippen molar-refractivity contribution in [2.45, 2.75) is 37.8 Å². The second kappa shape index (κ2) is 11.6. The number of benzene rings is 1. The molecular weight excluding hydrogens is 536 g/mol. The van der Waals surface area contributed by atoms with Crippen LogP contribution >= 0.6 is 0 Å². The van der Waals surface area contributed by atoms with Crippen LogP contribution in [-0.2, 0) is 4.74 Å². The Bertz CT molecular complexity index is 1530. The lowest BCUT2D eigenvalue weighted by Gasteiger charge is -2.27. The van der Waals surface area contributed by atoms with E-state index in [0.717, 1.165) is 6.42 Å². The highest BCUT2D eigenvalue weighted by atomic mass is 19.3. The van der Waals surface area contributed by atoms with Crippen LogP contribution in [0.1, 0.15) is 41.9 Å². The van der Waals surface area contributed by atoms with Gasteiger partial charge in [0.1, 0.15) is 11.9 Å². The highest BCUT2D eigenvalue weighted by Gasteiger charge is 2.29. The normalized spacial score (nSPS) is 19.1. The van der Waals surface area contributed by atoms with Crippen molar-refractivity contribution in [1.82, 2.24) is 29.8 Å². The summed E-state index contributed by atoms with van der Waals surface area (Å²) in [5.41, 5.74) is 1.39. The summed E-state index contributed by atoms with van der Waals surface area (Å²) in [6, 6.07) is 11.7. The number of alkyl halides is 2. The molecule has 2 aliphatic rings. The van der Waals surface area contributed by atoms with E-state index >= 15 is 0 Å². The summed E-state index contributed by atoms with van der Waals surface area (Å²) in [4.78, 5) is 32.2. The zero-order valence-electron chi connectivity index (χ0n) is 22.4. The van der Waals surface area contributed by atoms with Gasteiger partial charge >= 0.3 is 0 Å². The van der Waals surface area contributed by atoms with Crippen LogP contribution in [0.25, 0.3) is 16.9 Å². The first-order chi connectivity index (χ1) is 20.0. The van der Waals surface area contributed by atoms with Crippen LogP contribution < -0.4 is 19.7 Å². The van der Waals surface area contributed by atoms with Crippen molar-refractivity contribution in [1.29, 1.82) is 0 Å². The second-order valence-electron chi connectivity index (χ2n) is 9.87. The number of morpholine rings is 1. The second-order valence-corrected chi connectivity index (χ2v) is 9.87. The van der Waals surface area contributed by atoms with Crippen LogP contribution in [0.5, 0.6) is 11.8 Å². The van der Waals surface area contributed by atoms with E-state index in [-0.39, 0.29) is 29.8 Å². The Morgan fingerprint density at radius 2 is 1.90 bits per heavy atom. The monoisotopic (exact) mass is 565 g/mol. The Hall–Kier alpha value is -4.39. The average molecular weight is 566 g/mol. The van der Waals surface area contributed by atoms with Crippen LogP contribution in [0.4, 0.5) is 14.7 Å². The molecule has 0 unspecified atom stereocenters. The van der Waals surface area contributed by atoms with Gasteiger partial charge in [0.2, 0.25) is 17.7 Å². The van der Waals surface area contributed by atoms with Crippen LogP contribution in [0.2, 0.25) is 0 Å². The first kappa shape index (κ1) is 26.8. The van der Waals surface area contributed by atoms with Gasteiger partial charge in [-0.2, -0.15) is 9.97 Å². The number of amides is 1. The van der Waals surface area contributed by atoms with Gasteiger partial charge in [0.05, 0.1) is 36.9 Å². The van der Waals surface area contributed by atoms with Crippen LogP contribution in [-0.4, -0.2) is 76.0 Å². The number of halogens is 2. The van der Waals surface area contributed by atoms with E-state index in [2.05, 4.69) is 25.3 Å². The number of hydrogen-bond donors (Lipinski definition) is 1. The number of imidazole rings is 1. The number of rotatable bonds is 8. The third-order valence-electron chi connectivity index (χ3n) is 7.20. The van der Waals surface area contributed by atoms with Gasteiger partial charge in [-0.05, 0) is 31.0 Å². The average Bonchev–Trinajstić information content (AvgIpc) is 3.62. The highest BCUT2D eigenvalue weighted by Crippen LogP contribution is 2.31. The lowest BCUT2D eigenvalue weighted by molar-refractivity contribution is 0.0934. The fourth-order valence-electron chi connectivity index (χ4n) is 5.17. The Labute approximate surface area is 234 Å². The zero-order chi connectivity index (χ0) is 28.3. The molecule has 3 aromatic heterocycles. The Morgan fingerprint density at radius 3 is 2.66 bits per heavy atom. The fourth-order valence-corrected chi connectivity index (χ4v) is 5.17. The number of fused-ring (bicyclic) bond motifs is 1. The number of carbonyl (C=O) groups excluding carboxylic acids is 1. The molecule has 1 aromatic carbocycles. The molecule has 0 spiro atoms. The molecule has 0 bridgehead atoms. The largest absolute Gasteiger partial charge is 0.481 e. The van der Waals surface area contributed by atoms with E-state index in [9.17, 15) is 13.6 Å². The summed E-state index contributed by atoms with van der Waals surface area (Å²) in [6.07, 6.45) is 0.403. The highest BCUT2D eigenvalue weighted by molar-refractivity contribution is 5.94. The van der Waals surface area contributed by atoms with Gasteiger partial charge in [-0.25, -0.2) is 18.7 Å². The smallest absolute Gasteiger partial charge is 0.296 e. The van der Waals surface area contributed by atoms with Crippen LogP contribution in [0, 0.1) is 0 Å². The van der Waals surface area contributed by atoms with Gasteiger partial charge in [-0.1, -0.05) is 12.1 Å². The van der Waals surface area contributed by atoms with Crippen molar-refractivity contribution in [3.63, 3.8) is 0 Å². The van der Waals surface area contributed by atoms with E-state index in [1.807, 2.05) is 4.90 Å². The molecule has 4 heterocycles. The topological polar surface area (TPSA) is 117 Å². The quantitative estimate of drug-likeness (QED) is 0.341. The minimum atomic E-state index is -2.81. The summed E-state index contributed by atoms with van der Waals surface area (Å²) in [5.74, 6) is 0.687. The maximum atomic E-state index is 14.1. The van der Waals surface area contributed by atoms with E-state index in [0.29, 0.717) is 67.6 Å². The number of nitrogens with zero attached hydrogens (tertiary/aromatic N) is 6. The summed E-state index contributed by atoms with van der Waals surface area (Å²) in [6.45, 7) is 2.14. The van der Waals surface area contributed by atoms with E-state index < -0.39 is 12.2 Å². The molecule has 1 N–H and O–H groups in total. The lowest BCUT2D eigenvalue weighted by atomic mass is 10.2. The summed E-state index contributed by atoms with van der Waals surface area (Å²) in [5, 5.41) is 3.03. The van der Waals surface area contributed by atoms with Gasteiger partial charge in [-0.3, -0.25) is 9.36 Å². The molecule has 1 amide bonds. The molecular formula is C28H29F2N7O4. The summed E-state index contributed by atoms with van der Waals surface area (Å²) < 4.78 is 46.4. The molecule has 4 aromatic rings. The molecule has 214 valence electrons. The Kier molecular flexibility index (Phi) is 7.59. The number of nitrogens with one attached hydrogen (secondary N) is 1. The third kappa shape index (κ3) is 5.75. The molecule has 1 aliphatic carbocycles. The number of carbonyl (C=O) groups is 1. The van der Waals surface area contributed by atoms with Gasteiger partial charge in [0.15, 0.2) is 5.82 Å². The Balaban J connectivity index is 1.25.